The van der Waals surface area contributed by atoms with Crippen LogP contribution in [0.4, 0.5) is 5.69 Å². The van der Waals surface area contributed by atoms with Crippen molar-refractivity contribution < 1.29 is 14.3 Å². The quantitative estimate of drug-likeness (QED) is 0.722. The third kappa shape index (κ3) is 3.33. The zero-order valence-corrected chi connectivity index (χ0v) is 15.0. The van der Waals surface area contributed by atoms with Gasteiger partial charge in [0.2, 0.25) is 0 Å². The SMILES string of the molecule is COc1ccc(NC(=O)c2cccc3c2nnn3C)c(C(=O)NC2CC2)c1. The number of rotatable bonds is 5. The van der Waals surface area contributed by atoms with Gasteiger partial charge >= 0.3 is 0 Å². The number of carbonyl (C=O) groups is 2. The molecule has 0 unspecified atom stereocenters. The molecule has 27 heavy (non-hydrogen) atoms. The lowest BCUT2D eigenvalue weighted by Gasteiger charge is -2.13. The summed E-state index contributed by atoms with van der Waals surface area (Å²) in [5.41, 5.74) is 2.44. The van der Waals surface area contributed by atoms with Crippen LogP contribution in [0.1, 0.15) is 33.6 Å². The normalized spacial score (nSPS) is 13.4. The van der Waals surface area contributed by atoms with Gasteiger partial charge in [0.05, 0.1) is 29.4 Å². The third-order valence-corrected chi connectivity index (χ3v) is 4.52. The van der Waals surface area contributed by atoms with E-state index >= 15 is 0 Å². The standard InChI is InChI=1S/C19H19N5O3/c1-24-16-5-3-4-13(17(16)22-23-24)18(25)21-15-9-8-12(27-2)10-14(15)19(26)20-11-6-7-11/h3-5,8-11H,6-7H2,1-2H3,(H,20,26)(H,21,25). The van der Waals surface area contributed by atoms with Crippen LogP contribution >= 0.6 is 0 Å². The van der Waals surface area contributed by atoms with E-state index in [4.69, 9.17) is 4.74 Å². The molecule has 8 heteroatoms. The van der Waals surface area contributed by atoms with Gasteiger partial charge in [-0.1, -0.05) is 11.3 Å². The van der Waals surface area contributed by atoms with Crippen molar-refractivity contribution in [3.63, 3.8) is 0 Å². The second kappa shape index (κ2) is 6.71. The number of methoxy groups -OCH3 is 1. The van der Waals surface area contributed by atoms with Crippen molar-refractivity contribution in [3.8, 4) is 5.75 Å². The minimum absolute atomic E-state index is 0.209. The number of aromatic nitrogens is 3. The first kappa shape index (κ1) is 17.0. The van der Waals surface area contributed by atoms with E-state index in [-0.39, 0.29) is 17.9 Å². The number of aryl methyl sites for hydroxylation is 1. The first-order chi connectivity index (χ1) is 13.1. The fourth-order valence-electron chi connectivity index (χ4n) is 2.87. The molecule has 0 spiro atoms. The van der Waals surface area contributed by atoms with Gasteiger partial charge in [0.25, 0.3) is 11.8 Å². The van der Waals surface area contributed by atoms with Gasteiger partial charge in [0.15, 0.2) is 0 Å². The maximum absolute atomic E-state index is 12.9. The molecular formula is C19H19N5O3. The Kier molecular flexibility index (Phi) is 4.23. The Bertz CT molecular complexity index is 1040. The Morgan fingerprint density at radius 1 is 1.15 bits per heavy atom. The van der Waals surface area contributed by atoms with Crippen molar-refractivity contribution in [1.29, 1.82) is 0 Å². The zero-order chi connectivity index (χ0) is 19.0. The van der Waals surface area contributed by atoms with Crippen LogP contribution in [0.3, 0.4) is 0 Å². The fraction of sp³-hybridized carbons (Fsp3) is 0.263. The Balaban J connectivity index is 1.66. The number of anilines is 1. The van der Waals surface area contributed by atoms with Crippen molar-refractivity contribution >= 4 is 28.5 Å². The van der Waals surface area contributed by atoms with Crippen LogP contribution in [-0.2, 0) is 7.05 Å². The summed E-state index contributed by atoms with van der Waals surface area (Å²) in [6, 6.07) is 10.5. The molecule has 2 aromatic carbocycles. The molecule has 1 heterocycles. The summed E-state index contributed by atoms with van der Waals surface area (Å²) in [7, 11) is 3.30. The number of ether oxygens (including phenoxy) is 1. The molecule has 0 bridgehead atoms. The highest BCUT2D eigenvalue weighted by atomic mass is 16.5. The van der Waals surface area contributed by atoms with Crippen LogP contribution < -0.4 is 15.4 Å². The molecule has 0 aliphatic heterocycles. The van der Waals surface area contributed by atoms with Gasteiger partial charge in [-0.05, 0) is 43.2 Å². The molecule has 138 valence electrons. The second-order valence-corrected chi connectivity index (χ2v) is 6.50. The molecule has 4 rings (SSSR count). The molecular weight excluding hydrogens is 346 g/mol. The number of nitrogens with zero attached hydrogens (tertiary/aromatic N) is 3. The van der Waals surface area contributed by atoms with Crippen molar-refractivity contribution in [1.82, 2.24) is 20.3 Å². The number of hydrogen-bond acceptors (Lipinski definition) is 5. The van der Waals surface area contributed by atoms with E-state index in [0.29, 0.717) is 28.1 Å². The van der Waals surface area contributed by atoms with E-state index < -0.39 is 0 Å². The summed E-state index contributed by atoms with van der Waals surface area (Å²) >= 11 is 0. The second-order valence-electron chi connectivity index (χ2n) is 6.50. The average Bonchev–Trinajstić information content (AvgIpc) is 3.42. The highest BCUT2D eigenvalue weighted by Gasteiger charge is 2.26. The predicted octanol–water partition coefficient (Wildman–Crippen LogP) is 2.12. The molecule has 1 aliphatic rings. The van der Waals surface area contributed by atoms with E-state index in [1.807, 2.05) is 6.07 Å². The van der Waals surface area contributed by atoms with Crippen molar-refractivity contribution in [2.45, 2.75) is 18.9 Å². The van der Waals surface area contributed by atoms with Crippen LogP contribution in [0.5, 0.6) is 5.75 Å². The number of fused-ring (bicyclic) bond motifs is 1. The molecule has 1 saturated carbocycles. The maximum Gasteiger partial charge on any atom is 0.258 e. The first-order valence-electron chi connectivity index (χ1n) is 8.65. The molecule has 1 fully saturated rings. The first-order valence-corrected chi connectivity index (χ1v) is 8.65. The van der Waals surface area contributed by atoms with Gasteiger partial charge in [-0.3, -0.25) is 9.59 Å². The predicted molar refractivity (Wildman–Crippen MR) is 99.9 cm³/mol. The van der Waals surface area contributed by atoms with Gasteiger partial charge in [-0.2, -0.15) is 0 Å². The van der Waals surface area contributed by atoms with Gasteiger partial charge in [0.1, 0.15) is 11.3 Å². The fourth-order valence-corrected chi connectivity index (χ4v) is 2.87. The monoisotopic (exact) mass is 365 g/mol. The molecule has 1 aromatic heterocycles. The smallest absolute Gasteiger partial charge is 0.258 e. The summed E-state index contributed by atoms with van der Waals surface area (Å²) in [5.74, 6) is -0.0406. The Morgan fingerprint density at radius 3 is 2.70 bits per heavy atom. The molecule has 8 nitrogen and oxygen atoms in total. The molecule has 3 aromatic rings. The molecule has 0 radical (unpaired) electrons. The lowest BCUT2D eigenvalue weighted by atomic mass is 10.1. The van der Waals surface area contributed by atoms with Crippen LogP contribution in [0.25, 0.3) is 11.0 Å². The number of carbonyl (C=O) groups excluding carboxylic acids is 2. The summed E-state index contributed by atoms with van der Waals surface area (Å²) in [6.45, 7) is 0. The van der Waals surface area contributed by atoms with Crippen LogP contribution in [0.15, 0.2) is 36.4 Å². The lowest BCUT2D eigenvalue weighted by molar-refractivity contribution is 0.0951. The Hall–Kier alpha value is -3.42. The highest BCUT2D eigenvalue weighted by molar-refractivity contribution is 6.13. The van der Waals surface area contributed by atoms with Gasteiger partial charge < -0.3 is 15.4 Å². The van der Waals surface area contributed by atoms with Gasteiger partial charge in [-0.25, -0.2) is 4.68 Å². The minimum atomic E-state index is -0.355. The topological polar surface area (TPSA) is 98.1 Å². The molecule has 1 aliphatic carbocycles. The summed E-state index contributed by atoms with van der Waals surface area (Å²) in [4.78, 5) is 25.4. The van der Waals surface area contributed by atoms with Crippen LogP contribution in [0.2, 0.25) is 0 Å². The number of nitrogens with one attached hydrogen (secondary N) is 2. The van der Waals surface area contributed by atoms with E-state index in [9.17, 15) is 9.59 Å². The molecule has 2 amide bonds. The van der Waals surface area contributed by atoms with Gasteiger partial charge in [-0.15, -0.1) is 5.10 Å². The Morgan fingerprint density at radius 2 is 1.96 bits per heavy atom. The highest BCUT2D eigenvalue weighted by Crippen LogP contribution is 2.26. The lowest BCUT2D eigenvalue weighted by Crippen LogP contribution is -2.27. The van der Waals surface area contributed by atoms with Crippen molar-refractivity contribution in [3.05, 3.63) is 47.5 Å². The van der Waals surface area contributed by atoms with E-state index in [1.165, 1.54) is 7.11 Å². The van der Waals surface area contributed by atoms with Crippen LogP contribution in [0, 0.1) is 0 Å². The summed E-state index contributed by atoms with van der Waals surface area (Å²) < 4.78 is 6.82. The Labute approximate surface area is 155 Å². The largest absolute Gasteiger partial charge is 0.497 e. The number of hydrogen-bond donors (Lipinski definition) is 2. The van der Waals surface area contributed by atoms with Crippen LogP contribution in [-0.4, -0.2) is 40.0 Å². The van der Waals surface area contributed by atoms with E-state index in [1.54, 1.807) is 42.1 Å². The van der Waals surface area contributed by atoms with E-state index in [2.05, 4.69) is 20.9 Å². The average molecular weight is 365 g/mol. The molecule has 2 N–H and O–H groups in total. The van der Waals surface area contributed by atoms with E-state index in [0.717, 1.165) is 18.4 Å². The molecule has 0 saturated heterocycles. The third-order valence-electron chi connectivity index (χ3n) is 4.52. The maximum atomic E-state index is 12.9. The van der Waals surface area contributed by atoms with Crippen molar-refractivity contribution in [2.75, 3.05) is 12.4 Å². The number of benzene rings is 2. The minimum Gasteiger partial charge on any atom is -0.497 e. The molecule has 0 atom stereocenters. The number of amides is 2. The summed E-state index contributed by atoms with van der Waals surface area (Å²) in [6.07, 6.45) is 1.96. The van der Waals surface area contributed by atoms with Gasteiger partial charge in [0, 0.05) is 13.1 Å². The van der Waals surface area contributed by atoms with Crippen molar-refractivity contribution in [2.24, 2.45) is 7.05 Å². The zero-order valence-electron chi connectivity index (χ0n) is 15.0. The summed E-state index contributed by atoms with van der Waals surface area (Å²) in [5, 5.41) is 13.8.